The molecule has 1 aromatic carbocycles. The number of hydrogen-bond acceptors (Lipinski definition) is 5. The molecule has 8 heteroatoms. The minimum absolute atomic E-state index is 0.0406. The van der Waals surface area contributed by atoms with E-state index in [9.17, 15) is 13.2 Å². The van der Waals surface area contributed by atoms with Crippen LogP contribution >= 0.6 is 0 Å². The van der Waals surface area contributed by atoms with Crippen LogP contribution in [0.1, 0.15) is 50.6 Å². The van der Waals surface area contributed by atoms with Gasteiger partial charge in [-0.1, -0.05) is 38.1 Å². The minimum atomic E-state index is -3.74. The van der Waals surface area contributed by atoms with Crippen LogP contribution in [0.2, 0.25) is 0 Å². The highest BCUT2D eigenvalue weighted by molar-refractivity contribution is 7.89. The Morgan fingerprint density at radius 3 is 2.41 bits per heavy atom. The lowest BCUT2D eigenvalue weighted by Crippen LogP contribution is -2.43. The van der Waals surface area contributed by atoms with Crippen LogP contribution in [0.5, 0.6) is 0 Å². The first kappa shape index (κ1) is 21.5. The summed E-state index contributed by atoms with van der Waals surface area (Å²) in [6, 6.07) is 7.79. The lowest BCUT2D eigenvalue weighted by molar-refractivity contribution is -0.120. The van der Waals surface area contributed by atoms with Gasteiger partial charge in [0, 0.05) is 18.8 Å². The summed E-state index contributed by atoms with van der Waals surface area (Å²) in [7, 11) is -3.74. The maximum atomic E-state index is 13.0. The molecule has 0 unspecified atom stereocenters. The Labute approximate surface area is 172 Å². The molecule has 29 heavy (non-hydrogen) atoms. The zero-order valence-electron chi connectivity index (χ0n) is 17.7. The van der Waals surface area contributed by atoms with Gasteiger partial charge in [0.05, 0.1) is 5.92 Å². The fourth-order valence-electron chi connectivity index (χ4n) is 3.64. The average Bonchev–Trinajstić information content (AvgIpc) is 3.00. The van der Waals surface area contributed by atoms with E-state index in [0.29, 0.717) is 30.8 Å². The molecule has 158 valence electrons. The maximum absolute atomic E-state index is 13.0. The Balaban J connectivity index is 1.71. The van der Waals surface area contributed by atoms with Crippen molar-refractivity contribution < 1.29 is 17.7 Å². The normalized spacial score (nSPS) is 18.6. The van der Waals surface area contributed by atoms with E-state index in [1.165, 1.54) is 9.87 Å². The number of nitrogens with one attached hydrogen (secondary N) is 1. The number of benzene rings is 1. The van der Waals surface area contributed by atoms with Crippen molar-refractivity contribution in [3.8, 4) is 0 Å². The number of sulfonamides is 1. The van der Waals surface area contributed by atoms with Crippen molar-refractivity contribution in [3.05, 3.63) is 41.3 Å². The molecule has 2 aromatic rings. The third-order valence-corrected chi connectivity index (χ3v) is 7.45. The Morgan fingerprint density at radius 2 is 1.86 bits per heavy atom. The molecule has 0 bridgehead atoms. The quantitative estimate of drug-likeness (QED) is 0.817. The number of carbonyl (C=O) groups is 1. The van der Waals surface area contributed by atoms with E-state index < -0.39 is 15.9 Å². The summed E-state index contributed by atoms with van der Waals surface area (Å²) in [6.07, 6.45) is 1.28. The van der Waals surface area contributed by atoms with Crippen molar-refractivity contribution in [2.24, 2.45) is 5.92 Å². The van der Waals surface area contributed by atoms with Crippen molar-refractivity contribution in [1.82, 2.24) is 9.46 Å². The highest BCUT2D eigenvalue weighted by Crippen LogP contribution is 2.29. The molecule has 1 saturated heterocycles. The van der Waals surface area contributed by atoms with Gasteiger partial charge < -0.3 is 9.84 Å². The second-order valence-corrected chi connectivity index (χ2v) is 10.5. The predicted octanol–water partition coefficient (Wildman–Crippen LogP) is 3.63. The third kappa shape index (κ3) is 4.53. The van der Waals surface area contributed by atoms with Gasteiger partial charge >= 0.3 is 0 Å². The number of carbonyl (C=O) groups excluding carboxylic acids is 1. The molecule has 2 heterocycles. The van der Waals surface area contributed by atoms with Crippen molar-refractivity contribution >= 4 is 21.6 Å². The summed E-state index contributed by atoms with van der Waals surface area (Å²) in [5.41, 5.74) is 2.28. The Morgan fingerprint density at radius 1 is 1.21 bits per heavy atom. The van der Waals surface area contributed by atoms with E-state index >= 15 is 0 Å². The molecule has 0 aliphatic carbocycles. The van der Waals surface area contributed by atoms with E-state index in [0.717, 1.165) is 0 Å². The smallest absolute Gasteiger partial charge is 0.248 e. The van der Waals surface area contributed by atoms with Crippen LogP contribution in [0.4, 0.5) is 5.69 Å². The average molecular weight is 420 g/mol. The van der Waals surface area contributed by atoms with Gasteiger partial charge in [-0.05, 0) is 49.8 Å². The van der Waals surface area contributed by atoms with Crippen molar-refractivity contribution in [2.45, 2.75) is 57.8 Å². The van der Waals surface area contributed by atoms with Gasteiger partial charge in [0.2, 0.25) is 15.9 Å². The lowest BCUT2D eigenvalue weighted by atomic mass is 9.87. The van der Waals surface area contributed by atoms with E-state index in [-0.39, 0.29) is 28.5 Å². The Kier molecular flexibility index (Phi) is 5.87. The number of amides is 1. The van der Waals surface area contributed by atoms with Crippen molar-refractivity contribution in [1.29, 1.82) is 0 Å². The summed E-state index contributed by atoms with van der Waals surface area (Å²) >= 11 is 0. The molecule has 1 aliphatic heterocycles. The zero-order valence-corrected chi connectivity index (χ0v) is 18.5. The van der Waals surface area contributed by atoms with Crippen LogP contribution in [-0.4, -0.2) is 36.9 Å². The molecule has 7 nitrogen and oxygen atoms in total. The van der Waals surface area contributed by atoms with Gasteiger partial charge in [0.1, 0.15) is 10.6 Å². The van der Waals surface area contributed by atoms with Gasteiger partial charge in [-0.15, -0.1) is 0 Å². The van der Waals surface area contributed by atoms with Crippen LogP contribution in [0.25, 0.3) is 0 Å². The van der Waals surface area contributed by atoms with E-state index in [1.807, 2.05) is 24.3 Å². The molecule has 0 saturated carbocycles. The van der Waals surface area contributed by atoms with E-state index in [1.54, 1.807) is 13.8 Å². The van der Waals surface area contributed by atoms with Crippen molar-refractivity contribution in [3.63, 3.8) is 0 Å². The van der Waals surface area contributed by atoms with Crippen LogP contribution in [-0.2, 0) is 20.2 Å². The molecule has 1 amide bonds. The first-order valence-corrected chi connectivity index (χ1v) is 11.3. The third-order valence-electron chi connectivity index (χ3n) is 5.34. The molecule has 1 aromatic heterocycles. The Bertz CT molecular complexity index is 968. The van der Waals surface area contributed by atoms with E-state index in [4.69, 9.17) is 4.52 Å². The molecule has 0 spiro atoms. The monoisotopic (exact) mass is 419 g/mol. The van der Waals surface area contributed by atoms with Crippen LogP contribution < -0.4 is 5.32 Å². The van der Waals surface area contributed by atoms with Gasteiger partial charge in [0.25, 0.3) is 0 Å². The fraction of sp³-hybridized carbons (Fsp3) is 0.524. The molecule has 0 radical (unpaired) electrons. The minimum Gasteiger partial charge on any atom is -0.360 e. The number of piperidine rings is 1. The summed E-state index contributed by atoms with van der Waals surface area (Å²) in [4.78, 5) is 12.9. The van der Waals surface area contributed by atoms with E-state index in [2.05, 4.69) is 31.2 Å². The second kappa shape index (κ2) is 7.91. The maximum Gasteiger partial charge on any atom is 0.248 e. The lowest BCUT2D eigenvalue weighted by Gasteiger charge is -2.31. The first-order chi connectivity index (χ1) is 13.5. The van der Waals surface area contributed by atoms with Gasteiger partial charge in [-0.2, -0.15) is 4.31 Å². The van der Waals surface area contributed by atoms with Crippen LogP contribution in [0, 0.1) is 19.8 Å². The number of hydrogen-bond donors (Lipinski definition) is 1. The molecular formula is C21H29N3O4S. The largest absolute Gasteiger partial charge is 0.360 e. The zero-order chi connectivity index (χ0) is 21.4. The SMILES string of the molecule is Cc1noc(C)c1S(=O)(=O)N1CCC[C@H](C(=O)Nc2ccc(C(C)(C)C)cc2)C1. The highest BCUT2D eigenvalue weighted by atomic mass is 32.2. The molecule has 1 atom stereocenters. The standard InChI is InChI=1S/C21H29N3O4S/c1-14-19(15(2)28-23-14)29(26,27)24-12-6-7-16(13-24)20(25)22-18-10-8-17(9-11-18)21(3,4)5/h8-11,16H,6-7,12-13H2,1-5H3,(H,22,25)/t16-/m0/s1. The van der Waals surface area contributed by atoms with Gasteiger partial charge in [-0.3, -0.25) is 4.79 Å². The molecule has 3 rings (SSSR count). The topological polar surface area (TPSA) is 92.5 Å². The molecule has 1 aliphatic rings. The summed E-state index contributed by atoms with van der Waals surface area (Å²) in [5.74, 6) is -0.290. The predicted molar refractivity (Wildman–Crippen MR) is 111 cm³/mol. The van der Waals surface area contributed by atoms with Gasteiger partial charge in [-0.25, -0.2) is 8.42 Å². The summed E-state index contributed by atoms with van der Waals surface area (Å²) < 4.78 is 32.5. The molecular weight excluding hydrogens is 390 g/mol. The van der Waals surface area contributed by atoms with Crippen LogP contribution in [0.15, 0.2) is 33.7 Å². The summed E-state index contributed by atoms with van der Waals surface area (Å²) in [6.45, 7) is 10.1. The molecule has 1 N–H and O–H groups in total. The fourth-order valence-corrected chi connectivity index (χ4v) is 5.46. The van der Waals surface area contributed by atoms with Crippen LogP contribution in [0.3, 0.4) is 0 Å². The second-order valence-electron chi connectivity index (χ2n) is 8.67. The first-order valence-electron chi connectivity index (χ1n) is 9.84. The number of anilines is 1. The summed E-state index contributed by atoms with van der Waals surface area (Å²) in [5, 5.41) is 6.68. The number of nitrogens with zero attached hydrogens (tertiary/aromatic N) is 2. The molecule has 1 fully saturated rings. The number of rotatable bonds is 4. The van der Waals surface area contributed by atoms with Gasteiger partial charge in [0.15, 0.2) is 5.76 Å². The van der Waals surface area contributed by atoms with Crippen molar-refractivity contribution in [2.75, 3.05) is 18.4 Å². The number of aromatic nitrogens is 1. The Hall–Kier alpha value is -2.19. The highest BCUT2D eigenvalue weighted by Gasteiger charge is 2.36. The number of aryl methyl sites for hydroxylation is 2.